The molecule has 0 heterocycles. The Kier molecular flexibility index (Phi) is 3.39. The van der Waals surface area contributed by atoms with Crippen molar-refractivity contribution in [1.82, 2.24) is 0 Å². The smallest absolute Gasteiger partial charge is 0.330 e. The highest BCUT2D eigenvalue weighted by Gasteiger charge is 1.89. The van der Waals surface area contributed by atoms with Crippen molar-refractivity contribution in [3.63, 3.8) is 0 Å². The summed E-state index contributed by atoms with van der Waals surface area (Å²) in [5.41, 5.74) is 1.38. The van der Waals surface area contributed by atoms with Crippen LogP contribution in [0, 0.1) is 0 Å². The van der Waals surface area contributed by atoms with E-state index in [2.05, 4.69) is 4.99 Å². The third-order valence-corrected chi connectivity index (χ3v) is 0.732. The zero-order chi connectivity index (χ0) is 8.15. The van der Waals surface area contributed by atoms with Crippen molar-refractivity contribution in [3.05, 3.63) is 11.8 Å². The van der Waals surface area contributed by atoms with Crippen LogP contribution in [0.2, 0.25) is 0 Å². The van der Waals surface area contributed by atoms with Crippen LogP contribution in [-0.2, 0) is 4.79 Å². The predicted molar refractivity (Wildman–Crippen MR) is 40.2 cm³/mol. The van der Waals surface area contributed by atoms with E-state index in [4.69, 9.17) is 5.11 Å². The van der Waals surface area contributed by atoms with Gasteiger partial charge in [-0.05, 0) is 20.8 Å². The maximum absolute atomic E-state index is 10.0. The molecule has 1 N–H and O–H groups in total. The second-order valence-corrected chi connectivity index (χ2v) is 2.18. The van der Waals surface area contributed by atoms with Crippen LogP contribution in [0.3, 0.4) is 0 Å². The Morgan fingerprint density at radius 3 is 2.20 bits per heavy atom. The summed E-state index contributed by atoms with van der Waals surface area (Å²) in [4.78, 5) is 14.0. The molecule has 10 heavy (non-hydrogen) atoms. The molecule has 0 fully saturated rings. The molecule has 0 aromatic heterocycles. The molecule has 0 saturated carbocycles. The fourth-order valence-corrected chi connectivity index (χ4v) is 0.564. The Labute approximate surface area is 60.1 Å². The SMILES string of the molecule is CC(C)=N/C(C)=C/C(=O)O. The number of aliphatic imine (C=N–C) groups is 1. The second kappa shape index (κ2) is 3.82. The lowest BCUT2D eigenvalue weighted by Gasteiger charge is -1.90. The predicted octanol–water partition coefficient (Wildman–Crippen LogP) is 1.46. The lowest BCUT2D eigenvalue weighted by atomic mass is 10.4. The van der Waals surface area contributed by atoms with Crippen LogP contribution in [0.15, 0.2) is 16.8 Å². The summed E-state index contributed by atoms with van der Waals surface area (Å²) in [5, 5.41) is 8.25. The van der Waals surface area contributed by atoms with Gasteiger partial charge in [0.15, 0.2) is 0 Å². The molecular formula is C7H11NO2. The lowest BCUT2D eigenvalue weighted by Crippen LogP contribution is -1.89. The monoisotopic (exact) mass is 141 g/mol. The summed E-state index contributed by atoms with van der Waals surface area (Å²) in [6.45, 7) is 5.29. The standard InChI is InChI=1S/C7H11NO2/c1-5(2)8-6(3)4-7(9)10/h4H,1-3H3,(H,9,10)/b6-4+. The van der Waals surface area contributed by atoms with Gasteiger partial charge in [-0.3, -0.25) is 4.99 Å². The van der Waals surface area contributed by atoms with Crippen LogP contribution in [0.25, 0.3) is 0 Å². The number of carboxylic acid groups (broad SMARTS) is 1. The molecule has 0 aliphatic rings. The number of aliphatic carboxylic acids is 1. The summed E-state index contributed by atoms with van der Waals surface area (Å²) < 4.78 is 0. The number of nitrogens with zero attached hydrogens (tertiary/aromatic N) is 1. The maximum atomic E-state index is 10.0. The molecule has 0 rings (SSSR count). The van der Waals surface area contributed by atoms with Gasteiger partial charge in [-0.25, -0.2) is 4.79 Å². The third kappa shape index (κ3) is 5.03. The molecule has 0 aromatic carbocycles. The zero-order valence-corrected chi connectivity index (χ0v) is 6.38. The van der Waals surface area contributed by atoms with Gasteiger partial charge in [0, 0.05) is 17.5 Å². The number of rotatable bonds is 2. The van der Waals surface area contributed by atoms with Crippen LogP contribution >= 0.6 is 0 Å². The Balaban J connectivity index is 4.22. The number of carboxylic acids is 1. The van der Waals surface area contributed by atoms with Gasteiger partial charge >= 0.3 is 5.97 Å². The number of carbonyl (C=O) groups is 1. The molecule has 0 aliphatic carbocycles. The number of hydrogen-bond donors (Lipinski definition) is 1. The van der Waals surface area contributed by atoms with Crippen molar-refractivity contribution in [2.24, 2.45) is 4.99 Å². The Bertz CT molecular complexity index is 188. The average Bonchev–Trinajstić information content (AvgIpc) is 1.58. The number of allylic oxidation sites excluding steroid dienone is 1. The Morgan fingerprint density at radius 2 is 1.90 bits per heavy atom. The van der Waals surface area contributed by atoms with E-state index in [1.807, 2.05) is 13.8 Å². The minimum atomic E-state index is -0.956. The van der Waals surface area contributed by atoms with E-state index in [9.17, 15) is 4.79 Å². The summed E-state index contributed by atoms with van der Waals surface area (Å²) in [6, 6.07) is 0. The zero-order valence-electron chi connectivity index (χ0n) is 6.38. The average molecular weight is 141 g/mol. The highest BCUT2D eigenvalue weighted by Crippen LogP contribution is 1.94. The fraction of sp³-hybridized carbons (Fsp3) is 0.429. The molecular weight excluding hydrogens is 130 g/mol. The van der Waals surface area contributed by atoms with Crippen molar-refractivity contribution in [3.8, 4) is 0 Å². The lowest BCUT2D eigenvalue weighted by molar-refractivity contribution is -0.131. The van der Waals surface area contributed by atoms with Crippen molar-refractivity contribution in [2.45, 2.75) is 20.8 Å². The normalized spacial score (nSPS) is 10.9. The molecule has 0 amide bonds. The molecule has 0 aliphatic heterocycles. The summed E-state index contributed by atoms with van der Waals surface area (Å²) in [6.07, 6.45) is 1.08. The minimum Gasteiger partial charge on any atom is -0.478 e. The summed E-state index contributed by atoms with van der Waals surface area (Å²) >= 11 is 0. The molecule has 0 atom stereocenters. The van der Waals surface area contributed by atoms with Crippen molar-refractivity contribution in [2.75, 3.05) is 0 Å². The summed E-state index contributed by atoms with van der Waals surface area (Å²) in [5.74, 6) is -0.956. The first-order valence-electron chi connectivity index (χ1n) is 2.95. The first-order chi connectivity index (χ1) is 4.52. The van der Waals surface area contributed by atoms with Crippen molar-refractivity contribution >= 4 is 11.7 Å². The largest absolute Gasteiger partial charge is 0.478 e. The molecule has 3 nitrogen and oxygen atoms in total. The molecule has 0 bridgehead atoms. The molecule has 0 unspecified atom stereocenters. The topological polar surface area (TPSA) is 49.7 Å². The van der Waals surface area contributed by atoms with Gasteiger partial charge in [0.05, 0.1) is 0 Å². The van der Waals surface area contributed by atoms with E-state index >= 15 is 0 Å². The Hall–Kier alpha value is -1.12. The van der Waals surface area contributed by atoms with Gasteiger partial charge in [0.25, 0.3) is 0 Å². The van der Waals surface area contributed by atoms with Gasteiger partial charge in [-0.1, -0.05) is 0 Å². The molecule has 0 saturated heterocycles. The fourth-order valence-electron chi connectivity index (χ4n) is 0.564. The number of hydrogen-bond acceptors (Lipinski definition) is 2. The van der Waals surface area contributed by atoms with E-state index in [0.29, 0.717) is 5.70 Å². The second-order valence-electron chi connectivity index (χ2n) is 2.18. The first-order valence-corrected chi connectivity index (χ1v) is 2.95. The van der Waals surface area contributed by atoms with Gasteiger partial charge < -0.3 is 5.11 Å². The summed E-state index contributed by atoms with van der Waals surface area (Å²) in [7, 11) is 0. The van der Waals surface area contributed by atoms with Crippen LogP contribution in [0.1, 0.15) is 20.8 Å². The molecule has 3 heteroatoms. The van der Waals surface area contributed by atoms with Gasteiger partial charge in [-0.2, -0.15) is 0 Å². The van der Waals surface area contributed by atoms with Crippen molar-refractivity contribution < 1.29 is 9.90 Å². The molecule has 0 radical (unpaired) electrons. The van der Waals surface area contributed by atoms with Crippen LogP contribution in [0.5, 0.6) is 0 Å². The van der Waals surface area contributed by atoms with Crippen molar-refractivity contribution in [1.29, 1.82) is 0 Å². The van der Waals surface area contributed by atoms with E-state index in [-0.39, 0.29) is 0 Å². The van der Waals surface area contributed by atoms with Crippen LogP contribution in [0.4, 0.5) is 0 Å². The molecule has 0 spiro atoms. The molecule has 56 valence electrons. The minimum absolute atomic E-state index is 0.521. The van der Waals surface area contributed by atoms with E-state index in [0.717, 1.165) is 11.8 Å². The third-order valence-electron chi connectivity index (χ3n) is 0.732. The van der Waals surface area contributed by atoms with Gasteiger partial charge in [0.2, 0.25) is 0 Å². The first kappa shape index (κ1) is 8.88. The van der Waals surface area contributed by atoms with E-state index in [1.165, 1.54) is 0 Å². The maximum Gasteiger partial charge on any atom is 0.330 e. The van der Waals surface area contributed by atoms with E-state index in [1.54, 1.807) is 6.92 Å². The van der Waals surface area contributed by atoms with E-state index < -0.39 is 5.97 Å². The highest BCUT2D eigenvalue weighted by molar-refractivity contribution is 5.83. The quantitative estimate of drug-likeness (QED) is 0.467. The van der Waals surface area contributed by atoms with Crippen LogP contribution < -0.4 is 0 Å². The molecule has 0 aromatic rings. The van der Waals surface area contributed by atoms with Gasteiger partial charge in [-0.15, -0.1) is 0 Å². The Morgan fingerprint density at radius 1 is 1.40 bits per heavy atom. The van der Waals surface area contributed by atoms with Gasteiger partial charge in [0.1, 0.15) is 0 Å². The van der Waals surface area contributed by atoms with Crippen LogP contribution in [-0.4, -0.2) is 16.8 Å². The highest BCUT2D eigenvalue weighted by atomic mass is 16.4.